The van der Waals surface area contributed by atoms with Crippen molar-refractivity contribution in [2.24, 2.45) is 0 Å². The van der Waals surface area contributed by atoms with Crippen molar-refractivity contribution in [2.75, 3.05) is 32.7 Å². The zero-order valence-corrected chi connectivity index (χ0v) is 9.03. The van der Waals surface area contributed by atoms with Gasteiger partial charge in [-0.1, -0.05) is 0 Å². The lowest BCUT2D eigenvalue weighted by atomic mass is 10.2. The highest BCUT2D eigenvalue weighted by molar-refractivity contribution is 7.81. The van der Waals surface area contributed by atoms with Crippen LogP contribution in [-0.4, -0.2) is 42.4 Å². The standard InChI is InChI=1S/C9H20N2S/c1-9(2,12)8-11-6-3-4-10-5-7-11/h10,12H,3-8H2,1-2H3. The first-order chi connectivity index (χ1) is 5.58. The fourth-order valence-corrected chi connectivity index (χ4v) is 1.81. The first-order valence-electron chi connectivity index (χ1n) is 4.73. The van der Waals surface area contributed by atoms with E-state index in [0.717, 1.165) is 13.1 Å². The van der Waals surface area contributed by atoms with Crippen LogP contribution in [-0.2, 0) is 0 Å². The second-order valence-electron chi connectivity index (χ2n) is 4.19. The lowest BCUT2D eigenvalue weighted by Crippen LogP contribution is -2.37. The zero-order valence-electron chi connectivity index (χ0n) is 8.14. The highest BCUT2D eigenvalue weighted by Gasteiger charge is 2.17. The minimum Gasteiger partial charge on any atom is -0.315 e. The third-order valence-corrected chi connectivity index (χ3v) is 2.18. The Morgan fingerprint density at radius 1 is 1.33 bits per heavy atom. The van der Waals surface area contributed by atoms with E-state index in [9.17, 15) is 0 Å². The summed E-state index contributed by atoms with van der Waals surface area (Å²) in [4.78, 5) is 2.49. The normalized spacial score (nSPS) is 22.2. The van der Waals surface area contributed by atoms with Gasteiger partial charge in [-0.25, -0.2) is 0 Å². The van der Waals surface area contributed by atoms with E-state index in [1.165, 1.54) is 26.1 Å². The number of nitrogens with one attached hydrogen (secondary N) is 1. The van der Waals surface area contributed by atoms with Gasteiger partial charge in [0.1, 0.15) is 0 Å². The molecule has 0 aromatic heterocycles. The molecule has 1 N–H and O–H groups in total. The number of thiol groups is 1. The van der Waals surface area contributed by atoms with Crippen LogP contribution in [0.2, 0.25) is 0 Å². The maximum absolute atomic E-state index is 4.54. The Hall–Kier alpha value is 0.270. The third kappa shape index (κ3) is 4.33. The molecule has 0 bridgehead atoms. The van der Waals surface area contributed by atoms with Crippen LogP contribution in [0, 0.1) is 0 Å². The summed E-state index contributed by atoms with van der Waals surface area (Å²) in [5.41, 5.74) is 0. The van der Waals surface area contributed by atoms with Gasteiger partial charge in [0.15, 0.2) is 0 Å². The third-order valence-electron chi connectivity index (χ3n) is 2.04. The molecule has 72 valence electrons. The molecule has 1 aliphatic heterocycles. The van der Waals surface area contributed by atoms with Crippen molar-refractivity contribution in [3.05, 3.63) is 0 Å². The van der Waals surface area contributed by atoms with E-state index in [4.69, 9.17) is 0 Å². The molecular formula is C9H20N2S. The van der Waals surface area contributed by atoms with Crippen LogP contribution in [0.4, 0.5) is 0 Å². The second kappa shape index (κ2) is 4.49. The number of hydrogen-bond donors (Lipinski definition) is 2. The summed E-state index contributed by atoms with van der Waals surface area (Å²) in [6.07, 6.45) is 1.27. The molecule has 1 fully saturated rings. The van der Waals surface area contributed by atoms with E-state index in [1.807, 2.05) is 0 Å². The summed E-state index contributed by atoms with van der Waals surface area (Å²) in [5, 5.41) is 3.40. The highest BCUT2D eigenvalue weighted by Crippen LogP contribution is 2.14. The lowest BCUT2D eigenvalue weighted by molar-refractivity contribution is 0.273. The predicted molar refractivity (Wildman–Crippen MR) is 57.0 cm³/mol. The molecule has 0 aliphatic carbocycles. The molecule has 2 nitrogen and oxygen atoms in total. The Balaban J connectivity index is 2.30. The molecule has 0 saturated carbocycles. The maximum Gasteiger partial charge on any atom is 0.0200 e. The topological polar surface area (TPSA) is 15.3 Å². The summed E-state index contributed by atoms with van der Waals surface area (Å²) in [6.45, 7) is 10.1. The summed E-state index contributed by atoms with van der Waals surface area (Å²) in [7, 11) is 0. The number of nitrogens with zero attached hydrogens (tertiary/aromatic N) is 1. The Labute approximate surface area is 81.1 Å². The molecule has 3 heteroatoms. The van der Waals surface area contributed by atoms with Crippen molar-refractivity contribution < 1.29 is 0 Å². The van der Waals surface area contributed by atoms with E-state index in [-0.39, 0.29) is 4.75 Å². The van der Waals surface area contributed by atoms with Crippen LogP contribution in [0.25, 0.3) is 0 Å². The van der Waals surface area contributed by atoms with Gasteiger partial charge in [-0.05, 0) is 33.4 Å². The van der Waals surface area contributed by atoms with Crippen LogP contribution >= 0.6 is 12.6 Å². The van der Waals surface area contributed by atoms with Gasteiger partial charge in [0.25, 0.3) is 0 Å². The van der Waals surface area contributed by atoms with Gasteiger partial charge in [-0.15, -0.1) is 0 Å². The fraction of sp³-hybridized carbons (Fsp3) is 1.00. The van der Waals surface area contributed by atoms with Crippen molar-refractivity contribution in [3.63, 3.8) is 0 Å². The van der Waals surface area contributed by atoms with Crippen LogP contribution in [0.1, 0.15) is 20.3 Å². The molecule has 0 aromatic carbocycles. The second-order valence-corrected chi connectivity index (χ2v) is 5.40. The summed E-state index contributed by atoms with van der Waals surface area (Å²) in [6, 6.07) is 0. The summed E-state index contributed by atoms with van der Waals surface area (Å²) >= 11 is 4.54. The molecule has 0 radical (unpaired) electrons. The largest absolute Gasteiger partial charge is 0.315 e. The van der Waals surface area contributed by atoms with E-state index < -0.39 is 0 Å². The molecule has 0 spiro atoms. The predicted octanol–water partition coefficient (Wildman–Crippen LogP) is 0.990. The minimum atomic E-state index is 0.143. The molecule has 0 unspecified atom stereocenters. The van der Waals surface area contributed by atoms with Crippen molar-refractivity contribution in [1.82, 2.24) is 10.2 Å². The van der Waals surface area contributed by atoms with Gasteiger partial charge in [0.2, 0.25) is 0 Å². The average Bonchev–Trinajstić information content (AvgIpc) is 2.12. The smallest absolute Gasteiger partial charge is 0.0200 e. The van der Waals surface area contributed by atoms with Gasteiger partial charge in [0, 0.05) is 24.4 Å². The van der Waals surface area contributed by atoms with E-state index in [1.54, 1.807) is 0 Å². The van der Waals surface area contributed by atoms with Crippen molar-refractivity contribution in [1.29, 1.82) is 0 Å². The van der Waals surface area contributed by atoms with Crippen LogP contribution < -0.4 is 5.32 Å². The molecule has 0 atom stereocenters. The van der Waals surface area contributed by atoms with Gasteiger partial charge in [-0.2, -0.15) is 12.6 Å². The average molecular weight is 188 g/mol. The molecule has 1 saturated heterocycles. The molecule has 12 heavy (non-hydrogen) atoms. The van der Waals surface area contributed by atoms with Crippen LogP contribution in [0.3, 0.4) is 0 Å². The first kappa shape index (κ1) is 10.4. The lowest BCUT2D eigenvalue weighted by Gasteiger charge is -2.27. The van der Waals surface area contributed by atoms with Crippen LogP contribution in [0.5, 0.6) is 0 Å². The summed E-state index contributed by atoms with van der Waals surface area (Å²) in [5.74, 6) is 0. The minimum absolute atomic E-state index is 0.143. The quantitative estimate of drug-likeness (QED) is 0.628. The molecule has 1 heterocycles. The van der Waals surface area contributed by atoms with Gasteiger partial charge < -0.3 is 10.2 Å². The zero-order chi connectivity index (χ0) is 9.03. The Morgan fingerprint density at radius 3 is 2.75 bits per heavy atom. The molecule has 1 aliphatic rings. The SMILES string of the molecule is CC(C)(S)CN1CCCNCC1. The number of hydrogen-bond acceptors (Lipinski definition) is 3. The van der Waals surface area contributed by atoms with Gasteiger partial charge in [0.05, 0.1) is 0 Å². The van der Waals surface area contributed by atoms with E-state index >= 15 is 0 Å². The summed E-state index contributed by atoms with van der Waals surface area (Å²) < 4.78 is 0.143. The van der Waals surface area contributed by atoms with Gasteiger partial charge in [-0.3, -0.25) is 0 Å². The maximum atomic E-state index is 4.54. The molecule has 0 aromatic rings. The van der Waals surface area contributed by atoms with Crippen LogP contribution in [0.15, 0.2) is 0 Å². The molecule has 1 rings (SSSR count). The number of rotatable bonds is 2. The fourth-order valence-electron chi connectivity index (χ4n) is 1.61. The van der Waals surface area contributed by atoms with E-state index in [2.05, 4.69) is 36.7 Å². The Morgan fingerprint density at radius 2 is 2.08 bits per heavy atom. The van der Waals surface area contributed by atoms with E-state index in [0.29, 0.717) is 0 Å². The van der Waals surface area contributed by atoms with Crippen molar-refractivity contribution in [3.8, 4) is 0 Å². The Kier molecular flexibility index (Phi) is 3.87. The highest BCUT2D eigenvalue weighted by atomic mass is 32.1. The van der Waals surface area contributed by atoms with Crippen molar-refractivity contribution in [2.45, 2.75) is 25.0 Å². The molecular weight excluding hydrogens is 168 g/mol. The first-order valence-corrected chi connectivity index (χ1v) is 5.18. The molecule has 0 amide bonds. The monoisotopic (exact) mass is 188 g/mol. The van der Waals surface area contributed by atoms with Crippen molar-refractivity contribution >= 4 is 12.6 Å². The Bertz CT molecular complexity index is 123. The van der Waals surface area contributed by atoms with Gasteiger partial charge >= 0.3 is 0 Å².